The Kier molecular flexibility index (Phi) is 8.35. The molecule has 0 unspecified atom stereocenters. The quantitative estimate of drug-likeness (QED) is 0.512. The van der Waals surface area contributed by atoms with E-state index in [0.29, 0.717) is 12.3 Å². The van der Waals surface area contributed by atoms with E-state index in [4.69, 9.17) is 4.74 Å². The Bertz CT molecular complexity index is 1010. The van der Waals surface area contributed by atoms with Gasteiger partial charge in [-0.05, 0) is 66.5 Å². The van der Waals surface area contributed by atoms with E-state index in [1.54, 1.807) is 0 Å². The maximum absolute atomic E-state index is 13.0. The van der Waals surface area contributed by atoms with Gasteiger partial charge >= 0.3 is 0 Å². The second kappa shape index (κ2) is 11.5. The van der Waals surface area contributed by atoms with Crippen molar-refractivity contribution in [1.29, 1.82) is 0 Å². The lowest BCUT2D eigenvalue weighted by Crippen LogP contribution is -2.58. The molecular weight excluding hydrogens is 452 g/mol. The van der Waals surface area contributed by atoms with E-state index in [1.807, 2.05) is 67.6 Å². The predicted octanol–water partition coefficient (Wildman–Crippen LogP) is 4.33. The summed E-state index contributed by atoms with van der Waals surface area (Å²) in [4.78, 5) is 25.6. The standard InChI is InChI=1S/C30H40N2O4/c1-20(29(35)31-18-22-10-6-4-7-11-22)24-14-16-30(3)17-15-25(21(2)27(30)28(24)34)32-26(33)19-36-23-12-8-5-9-13-23/h4-13,20-21,24-25,27-28,34H,14-19H2,1-3H3,(H,31,35)(H,32,33)/t20-,21+,24-,25-,27+,28-,30-/m0/s1. The number of rotatable bonds is 8. The van der Waals surface area contributed by atoms with Crippen LogP contribution in [0.15, 0.2) is 60.7 Å². The number of fused-ring (bicyclic) bond motifs is 1. The van der Waals surface area contributed by atoms with Crippen LogP contribution in [0.4, 0.5) is 0 Å². The van der Waals surface area contributed by atoms with Crippen molar-refractivity contribution >= 4 is 11.8 Å². The SMILES string of the molecule is C[C@H]1[C@@H]2[C@@H](O)[C@H]([C@H](C)C(=O)NCc3ccccc3)CC[C@@]2(C)CC[C@@H]1NC(=O)COc1ccccc1. The second-order valence-corrected chi connectivity index (χ2v) is 11.0. The van der Waals surface area contributed by atoms with Crippen LogP contribution in [0, 0.1) is 29.1 Å². The second-order valence-electron chi connectivity index (χ2n) is 11.0. The average molecular weight is 493 g/mol. The molecule has 36 heavy (non-hydrogen) atoms. The minimum absolute atomic E-state index is 0.0112. The molecule has 2 aliphatic rings. The van der Waals surface area contributed by atoms with Crippen molar-refractivity contribution in [3.8, 4) is 5.75 Å². The molecule has 2 aliphatic carbocycles. The van der Waals surface area contributed by atoms with Gasteiger partial charge in [0.15, 0.2) is 6.61 Å². The van der Waals surface area contributed by atoms with E-state index in [9.17, 15) is 14.7 Å². The van der Waals surface area contributed by atoms with Crippen molar-refractivity contribution in [3.05, 3.63) is 66.2 Å². The molecule has 3 N–H and O–H groups in total. The van der Waals surface area contributed by atoms with Gasteiger partial charge in [0.2, 0.25) is 5.91 Å². The predicted molar refractivity (Wildman–Crippen MR) is 140 cm³/mol. The zero-order chi connectivity index (χ0) is 25.7. The van der Waals surface area contributed by atoms with Gasteiger partial charge in [0.25, 0.3) is 5.91 Å². The van der Waals surface area contributed by atoms with Gasteiger partial charge in [0.05, 0.1) is 6.10 Å². The number of aliphatic hydroxyl groups is 1. The molecule has 6 heteroatoms. The first-order valence-corrected chi connectivity index (χ1v) is 13.3. The van der Waals surface area contributed by atoms with Gasteiger partial charge in [-0.25, -0.2) is 0 Å². The van der Waals surface area contributed by atoms with Crippen LogP contribution in [0.3, 0.4) is 0 Å². The van der Waals surface area contributed by atoms with E-state index < -0.39 is 6.10 Å². The van der Waals surface area contributed by atoms with Crippen LogP contribution in [0.2, 0.25) is 0 Å². The zero-order valence-electron chi connectivity index (χ0n) is 21.7. The Morgan fingerprint density at radius 1 is 1.06 bits per heavy atom. The summed E-state index contributed by atoms with van der Waals surface area (Å²) in [5.41, 5.74) is 1.07. The normalized spacial score (nSPS) is 30.5. The van der Waals surface area contributed by atoms with Crippen molar-refractivity contribution in [1.82, 2.24) is 10.6 Å². The summed E-state index contributed by atoms with van der Waals surface area (Å²) in [5, 5.41) is 17.8. The number of benzene rings is 2. The first kappa shape index (κ1) is 26.2. The lowest BCUT2D eigenvalue weighted by atomic mass is 9.51. The molecule has 0 saturated heterocycles. The average Bonchev–Trinajstić information content (AvgIpc) is 2.89. The molecule has 194 valence electrons. The molecule has 2 amide bonds. The smallest absolute Gasteiger partial charge is 0.258 e. The highest BCUT2D eigenvalue weighted by molar-refractivity contribution is 5.79. The van der Waals surface area contributed by atoms with E-state index in [2.05, 4.69) is 24.5 Å². The minimum Gasteiger partial charge on any atom is -0.484 e. The molecule has 2 aromatic rings. The number of hydrogen-bond acceptors (Lipinski definition) is 4. The maximum atomic E-state index is 13.0. The van der Waals surface area contributed by atoms with Gasteiger partial charge < -0.3 is 20.5 Å². The third-order valence-corrected chi connectivity index (χ3v) is 8.71. The van der Waals surface area contributed by atoms with Crippen LogP contribution in [-0.2, 0) is 16.1 Å². The third kappa shape index (κ3) is 5.92. The molecule has 0 radical (unpaired) electrons. The minimum atomic E-state index is -0.587. The highest BCUT2D eigenvalue weighted by Gasteiger charge is 2.53. The van der Waals surface area contributed by atoms with Crippen molar-refractivity contribution in [2.45, 2.75) is 65.1 Å². The Morgan fingerprint density at radius 2 is 1.69 bits per heavy atom. The van der Waals surface area contributed by atoms with Crippen LogP contribution in [0.5, 0.6) is 5.75 Å². The summed E-state index contributed by atoms with van der Waals surface area (Å²) in [6.07, 6.45) is 3.07. The van der Waals surface area contributed by atoms with Crippen LogP contribution in [0.1, 0.15) is 52.0 Å². The Balaban J connectivity index is 1.36. The zero-order valence-corrected chi connectivity index (χ0v) is 21.7. The van der Waals surface area contributed by atoms with Crippen molar-refractivity contribution in [3.63, 3.8) is 0 Å². The molecule has 2 aromatic carbocycles. The van der Waals surface area contributed by atoms with Gasteiger partial charge in [0.1, 0.15) is 5.75 Å². The number of carbonyl (C=O) groups excluding carboxylic acids is 2. The molecule has 2 saturated carbocycles. The van der Waals surface area contributed by atoms with Gasteiger partial charge in [-0.15, -0.1) is 0 Å². The number of hydrogen-bond donors (Lipinski definition) is 3. The van der Waals surface area contributed by atoms with Gasteiger partial charge in [-0.2, -0.15) is 0 Å². The molecule has 7 atom stereocenters. The van der Waals surface area contributed by atoms with E-state index in [1.165, 1.54) is 0 Å². The Labute approximate surface area is 214 Å². The van der Waals surface area contributed by atoms with Crippen molar-refractivity contribution in [2.75, 3.05) is 6.61 Å². The molecular formula is C30H40N2O4. The fraction of sp³-hybridized carbons (Fsp3) is 0.533. The number of ether oxygens (including phenoxy) is 1. The summed E-state index contributed by atoms with van der Waals surface area (Å²) in [7, 11) is 0. The first-order chi connectivity index (χ1) is 17.3. The summed E-state index contributed by atoms with van der Waals surface area (Å²) in [6.45, 7) is 6.80. The molecule has 0 spiro atoms. The molecule has 6 nitrogen and oxygen atoms in total. The molecule has 0 heterocycles. The summed E-state index contributed by atoms with van der Waals surface area (Å²) >= 11 is 0. The van der Waals surface area contributed by atoms with Crippen molar-refractivity contribution in [2.24, 2.45) is 29.1 Å². The Hall–Kier alpha value is -2.86. The van der Waals surface area contributed by atoms with Crippen LogP contribution >= 0.6 is 0 Å². The largest absolute Gasteiger partial charge is 0.484 e. The highest BCUT2D eigenvalue weighted by atomic mass is 16.5. The Morgan fingerprint density at radius 3 is 2.39 bits per heavy atom. The fourth-order valence-electron chi connectivity index (χ4n) is 6.55. The molecule has 2 fully saturated rings. The van der Waals surface area contributed by atoms with E-state index >= 15 is 0 Å². The van der Waals surface area contributed by atoms with Gasteiger partial charge in [-0.1, -0.05) is 69.3 Å². The lowest BCUT2D eigenvalue weighted by molar-refractivity contribution is -0.144. The number of carbonyl (C=O) groups is 2. The van der Waals surface area contributed by atoms with E-state index in [0.717, 1.165) is 31.2 Å². The summed E-state index contributed by atoms with van der Waals surface area (Å²) in [6, 6.07) is 19.2. The maximum Gasteiger partial charge on any atom is 0.258 e. The fourth-order valence-corrected chi connectivity index (χ4v) is 6.55. The van der Waals surface area contributed by atoms with Crippen LogP contribution < -0.4 is 15.4 Å². The van der Waals surface area contributed by atoms with Crippen LogP contribution in [0.25, 0.3) is 0 Å². The summed E-state index contributed by atoms with van der Waals surface area (Å²) < 4.78 is 5.62. The van der Waals surface area contributed by atoms with Crippen LogP contribution in [-0.4, -0.2) is 35.7 Å². The monoisotopic (exact) mass is 492 g/mol. The van der Waals surface area contributed by atoms with Crippen molar-refractivity contribution < 1.29 is 19.4 Å². The first-order valence-electron chi connectivity index (χ1n) is 13.3. The van der Waals surface area contributed by atoms with Gasteiger partial charge in [0, 0.05) is 18.5 Å². The molecule has 0 bridgehead atoms. The molecule has 0 aromatic heterocycles. The van der Waals surface area contributed by atoms with Gasteiger partial charge in [-0.3, -0.25) is 9.59 Å². The topological polar surface area (TPSA) is 87.7 Å². The number of para-hydroxylation sites is 1. The molecule has 0 aliphatic heterocycles. The molecule has 4 rings (SSSR count). The summed E-state index contributed by atoms with van der Waals surface area (Å²) in [5.74, 6) is 0.248. The number of aliphatic hydroxyl groups excluding tert-OH is 1. The third-order valence-electron chi connectivity index (χ3n) is 8.71. The number of amides is 2. The number of nitrogens with one attached hydrogen (secondary N) is 2. The lowest BCUT2D eigenvalue weighted by Gasteiger charge is -2.56. The highest BCUT2D eigenvalue weighted by Crippen LogP contribution is 2.55. The van der Waals surface area contributed by atoms with E-state index in [-0.39, 0.29) is 53.5 Å².